The summed E-state index contributed by atoms with van der Waals surface area (Å²) in [6.45, 7) is 5.04. The first kappa shape index (κ1) is 17.9. The van der Waals surface area contributed by atoms with E-state index in [0.717, 1.165) is 6.42 Å². The molecule has 25 heavy (non-hydrogen) atoms. The van der Waals surface area contributed by atoms with Gasteiger partial charge in [0.25, 0.3) is 5.91 Å². The summed E-state index contributed by atoms with van der Waals surface area (Å²) in [6, 6.07) is 3.03. The summed E-state index contributed by atoms with van der Waals surface area (Å²) < 4.78 is 23.6. The SMILES string of the molecule is Cc1cc(C(=O)N2C[C@H]3CCN(C)C(=O)[C@H]3C2)cc(S(N)(=O)=O)c1C. The molecule has 0 spiro atoms. The van der Waals surface area contributed by atoms with Crippen LogP contribution in [0.15, 0.2) is 17.0 Å². The van der Waals surface area contributed by atoms with Gasteiger partial charge in [0.05, 0.1) is 10.8 Å². The molecule has 2 aliphatic rings. The van der Waals surface area contributed by atoms with Crippen LogP contribution in [-0.2, 0) is 14.8 Å². The van der Waals surface area contributed by atoms with Gasteiger partial charge in [-0.25, -0.2) is 13.6 Å². The van der Waals surface area contributed by atoms with Gasteiger partial charge in [-0.3, -0.25) is 9.59 Å². The molecule has 1 aromatic carbocycles. The van der Waals surface area contributed by atoms with Crippen LogP contribution >= 0.6 is 0 Å². The Morgan fingerprint density at radius 3 is 2.56 bits per heavy atom. The van der Waals surface area contributed by atoms with Crippen LogP contribution in [-0.4, -0.2) is 56.7 Å². The summed E-state index contributed by atoms with van der Waals surface area (Å²) in [7, 11) is -2.12. The maximum atomic E-state index is 12.9. The molecule has 2 saturated heterocycles. The molecular weight excluding hydrogens is 342 g/mol. The Morgan fingerprint density at radius 2 is 1.92 bits per heavy atom. The maximum Gasteiger partial charge on any atom is 0.253 e. The van der Waals surface area contributed by atoms with E-state index in [1.165, 1.54) is 6.07 Å². The molecule has 2 fully saturated rings. The largest absolute Gasteiger partial charge is 0.345 e. The van der Waals surface area contributed by atoms with E-state index in [1.807, 2.05) is 0 Å². The average molecular weight is 365 g/mol. The number of sulfonamides is 1. The second kappa shape index (κ2) is 6.10. The van der Waals surface area contributed by atoms with E-state index < -0.39 is 10.0 Å². The van der Waals surface area contributed by atoms with E-state index in [-0.39, 0.29) is 28.5 Å². The molecule has 7 nitrogen and oxygen atoms in total. The van der Waals surface area contributed by atoms with Crippen LogP contribution in [0.25, 0.3) is 0 Å². The quantitative estimate of drug-likeness (QED) is 0.825. The lowest BCUT2D eigenvalue weighted by atomic mass is 9.88. The van der Waals surface area contributed by atoms with Crippen LogP contribution in [0.5, 0.6) is 0 Å². The Morgan fingerprint density at radius 1 is 1.24 bits per heavy atom. The van der Waals surface area contributed by atoms with Crippen LogP contribution in [0.2, 0.25) is 0 Å². The lowest BCUT2D eigenvalue weighted by Gasteiger charge is -2.30. The van der Waals surface area contributed by atoms with Crippen molar-refractivity contribution >= 4 is 21.8 Å². The minimum absolute atomic E-state index is 0.0247. The number of likely N-dealkylation sites (tertiary alicyclic amines) is 2. The highest BCUT2D eigenvalue weighted by Crippen LogP contribution is 2.33. The lowest BCUT2D eigenvalue weighted by molar-refractivity contribution is -0.137. The number of aryl methyl sites for hydroxylation is 1. The first-order chi connectivity index (χ1) is 11.6. The van der Waals surface area contributed by atoms with E-state index in [4.69, 9.17) is 5.14 Å². The van der Waals surface area contributed by atoms with Gasteiger partial charge < -0.3 is 9.80 Å². The highest BCUT2D eigenvalue weighted by Gasteiger charge is 2.43. The third kappa shape index (κ3) is 3.16. The second-order valence-electron chi connectivity index (χ2n) is 7.09. The smallest absolute Gasteiger partial charge is 0.253 e. The van der Waals surface area contributed by atoms with E-state index in [1.54, 1.807) is 36.8 Å². The molecular formula is C17H23N3O4S. The molecule has 2 atom stereocenters. The van der Waals surface area contributed by atoms with Crippen molar-refractivity contribution in [2.75, 3.05) is 26.7 Å². The monoisotopic (exact) mass is 365 g/mol. The van der Waals surface area contributed by atoms with E-state index >= 15 is 0 Å². The van der Waals surface area contributed by atoms with Gasteiger partial charge in [0.2, 0.25) is 15.9 Å². The van der Waals surface area contributed by atoms with E-state index in [9.17, 15) is 18.0 Å². The highest BCUT2D eigenvalue weighted by molar-refractivity contribution is 7.89. The predicted octanol–water partition coefficient (Wildman–Crippen LogP) is 0.501. The number of carbonyl (C=O) groups is 2. The van der Waals surface area contributed by atoms with Crippen LogP contribution in [0, 0.1) is 25.7 Å². The van der Waals surface area contributed by atoms with Gasteiger partial charge in [0, 0.05) is 32.2 Å². The predicted molar refractivity (Wildman–Crippen MR) is 92.4 cm³/mol. The third-order valence-electron chi connectivity index (χ3n) is 5.43. The first-order valence-corrected chi connectivity index (χ1v) is 9.82. The topological polar surface area (TPSA) is 101 Å². The molecule has 0 radical (unpaired) electrons. The second-order valence-corrected chi connectivity index (χ2v) is 8.62. The minimum Gasteiger partial charge on any atom is -0.345 e. The number of piperidine rings is 1. The molecule has 2 N–H and O–H groups in total. The van der Waals surface area contributed by atoms with Crippen LogP contribution < -0.4 is 5.14 Å². The number of nitrogens with two attached hydrogens (primary N) is 1. The van der Waals surface area contributed by atoms with Crippen molar-refractivity contribution < 1.29 is 18.0 Å². The average Bonchev–Trinajstić information content (AvgIpc) is 2.96. The number of hydrogen-bond donors (Lipinski definition) is 1. The molecule has 2 heterocycles. The summed E-state index contributed by atoms with van der Waals surface area (Å²) in [5.41, 5.74) is 1.54. The Labute approximate surface area is 147 Å². The number of primary sulfonamides is 1. The molecule has 0 aliphatic carbocycles. The van der Waals surface area contributed by atoms with Crippen molar-refractivity contribution in [3.8, 4) is 0 Å². The third-order valence-corrected chi connectivity index (χ3v) is 6.47. The van der Waals surface area contributed by atoms with Gasteiger partial charge in [0.1, 0.15) is 0 Å². The molecule has 0 bridgehead atoms. The zero-order chi connectivity index (χ0) is 18.5. The summed E-state index contributed by atoms with van der Waals surface area (Å²) in [5, 5.41) is 5.28. The standard InChI is InChI=1S/C17H23N3O4S/c1-10-6-13(7-15(11(10)2)25(18,23)24)16(21)20-8-12-4-5-19(3)17(22)14(12)9-20/h6-7,12,14H,4-5,8-9H2,1-3H3,(H2,18,23,24)/t12-,14+/m1/s1. The zero-order valence-corrected chi connectivity index (χ0v) is 15.5. The van der Waals surface area contributed by atoms with Gasteiger partial charge in [-0.15, -0.1) is 0 Å². The number of hydrogen-bond acceptors (Lipinski definition) is 4. The maximum absolute atomic E-state index is 12.9. The van der Waals surface area contributed by atoms with Crippen molar-refractivity contribution in [2.45, 2.75) is 25.2 Å². The van der Waals surface area contributed by atoms with Crippen molar-refractivity contribution in [1.82, 2.24) is 9.80 Å². The first-order valence-electron chi connectivity index (χ1n) is 8.28. The molecule has 2 amide bonds. The summed E-state index contributed by atoms with van der Waals surface area (Å²) in [4.78, 5) is 28.5. The number of nitrogens with zero attached hydrogens (tertiary/aromatic N) is 2. The summed E-state index contributed by atoms with van der Waals surface area (Å²) in [6.07, 6.45) is 0.881. The fourth-order valence-corrected chi connectivity index (χ4v) is 4.67. The molecule has 136 valence electrons. The van der Waals surface area contributed by atoms with Crippen molar-refractivity contribution in [1.29, 1.82) is 0 Å². The molecule has 8 heteroatoms. The Balaban J connectivity index is 1.90. The normalized spacial score (nSPS) is 23.8. The fourth-order valence-electron chi connectivity index (χ4n) is 3.79. The van der Waals surface area contributed by atoms with Crippen LogP contribution in [0.4, 0.5) is 0 Å². The minimum atomic E-state index is -3.90. The van der Waals surface area contributed by atoms with Gasteiger partial charge >= 0.3 is 0 Å². The highest BCUT2D eigenvalue weighted by atomic mass is 32.2. The van der Waals surface area contributed by atoms with Gasteiger partial charge in [-0.1, -0.05) is 0 Å². The number of rotatable bonds is 2. The molecule has 1 aromatic rings. The molecule has 0 unspecified atom stereocenters. The van der Waals surface area contributed by atoms with E-state index in [2.05, 4.69) is 0 Å². The molecule has 2 aliphatic heterocycles. The zero-order valence-electron chi connectivity index (χ0n) is 14.7. The molecule has 3 rings (SSSR count). The molecule has 0 saturated carbocycles. The van der Waals surface area contributed by atoms with Crippen molar-refractivity contribution in [2.24, 2.45) is 17.0 Å². The van der Waals surface area contributed by atoms with E-state index in [0.29, 0.717) is 36.3 Å². The fraction of sp³-hybridized carbons (Fsp3) is 0.529. The van der Waals surface area contributed by atoms with Gasteiger partial charge in [0.15, 0.2) is 0 Å². The summed E-state index contributed by atoms with van der Waals surface area (Å²) in [5.74, 6) is -0.154. The van der Waals surface area contributed by atoms with Crippen LogP contribution in [0.3, 0.4) is 0 Å². The Kier molecular flexibility index (Phi) is 4.36. The number of fused-ring (bicyclic) bond motifs is 1. The lowest BCUT2D eigenvalue weighted by Crippen LogP contribution is -2.42. The van der Waals surface area contributed by atoms with Crippen LogP contribution in [0.1, 0.15) is 27.9 Å². The Bertz CT molecular complexity index is 850. The number of benzene rings is 1. The van der Waals surface area contributed by atoms with Crippen molar-refractivity contribution in [3.05, 3.63) is 28.8 Å². The number of amides is 2. The van der Waals surface area contributed by atoms with Crippen molar-refractivity contribution in [3.63, 3.8) is 0 Å². The van der Waals surface area contributed by atoms with Gasteiger partial charge in [-0.2, -0.15) is 0 Å². The van der Waals surface area contributed by atoms with Gasteiger partial charge in [-0.05, 0) is 49.4 Å². The molecule has 0 aromatic heterocycles. The Hall–Kier alpha value is -1.93. The summed E-state index contributed by atoms with van der Waals surface area (Å²) >= 11 is 0. The number of carbonyl (C=O) groups excluding carboxylic acids is 2.